The molecule has 6 nitrogen and oxygen atoms in total. The summed E-state index contributed by atoms with van der Waals surface area (Å²) in [4.78, 5) is 21.1. The van der Waals surface area contributed by atoms with Crippen LogP contribution in [0.15, 0.2) is 0 Å². The van der Waals surface area contributed by atoms with Crippen LogP contribution in [0.25, 0.3) is 0 Å². The van der Waals surface area contributed by atoms with E-state index in [1.165, 1.54) is 14.2 Å². The minimum Gasteiger partial charge on any atom is -0.364 e. The van der Waals surface area contributed by atoms with Crippen LogP contribution in [-0.4, -0.2) is 33.0 Å². The van der Waals surface area contributed by atoms with Crippen LogP contribution in [0.4, 0.5) is 9.59 Å². The van der Waals surface area contributed by atoms with E-state index in [4.69, 9.17) is 0 Å². The lowest BCUT2D eigenvalue weighted by atomic mass is 10.8. The van der Waals surface area contributed by atoms with E-state index in [1.807, 2.05) is 5.32 Å². The number of imide groups is 1. The largest absolute Gasteiger partial charge is 0.364 e. The molecule has 0 unspecified atom stereocenters. The molecule has 0 aromatic carbocycles. The van der Waals surface area contributed by atoms with Gasteiger partial charge in [0.2, 0.25) is 0 Å². The Kier molecular flexibility index (Phi) is 4.83. The Balaban J connectivity index is 3.44. The molecule has 64 valence electrons. The lowest BCUT2D eigenvalue weighted by Gasteiger charge is -2.03. The lowest BCUT2D eigenvalue weighted by Crippen LogP contribution is -2.44. The Morgan fingerprint density at radius 1 is 1.36 bits per heavy atom. The summed E-state index contributed by atoms with van der Waals surface area (Å²) in [6, 6.07) is -1.15. The molecule has 0 aliphatic rings. The van der Waals surface area contributed by atoms with Crippen LogP contribution < -0.4 is 16.0 Å². The fourth-order valence-corrected chi connectivity index (χ4v) is 0.348. The van der Waals surface area contributed by atoms with Crippen molar-refractivity contribution in [1.82, 2.24) is 16.0 Å². The molecule has 4 amide bonds. The van der Waals surface area contributed by atoms with Gasteiger partial charge in [-0.15, -0.1) is 0 Å². The van der Waals surface area contributed by atoms with Gasteiger partial charge in [0, 0.05) is 14.2 Å². The van der Waals surface area contributed by atoms with Crippen molar-refractivity contribution in [3.05, 3.63) is 0 Å². The van der Waals surface area contributed by atoms with Gasteiger partial charge < -0.3 is 15.4 Å². The minimum atomic E-state index is -0.591. The van der Waals surface area contributed by atoms with Gasteiger partial charge in [-0.2, -0.15) is 0 Å². The maximum absolute atomic E-state index is 10.6. The molecule has 0 radical (unpaired) electrons. The van der Waals surface area contributed by atoms with Crippen LogP contribution in [0.3, 0.4) is 0 Å². The molecule has 0 aromatic rings. The predicted molar refractivity (Wildman–Crippen MR) is 38.0 cm³/mol. The fraction of sp³-hybridized carbons (Fsp3) is 0.600. The van der Waals surface area contributed by atoms with Crippen molar-refractivity contribution < 1.29 is 14.3 Å². The highest BCUT2D eigenvalue weighted by molar-refractivity contribution is 5.93. The SMILES string of the molecule is CNC(=O)NC(=O)NCOC. The lowest BCUT2D eigenvalue weighted by molar-refractivity contribution is 0.172. The monoisotopic (exact) mass is 161 g/mol. The molecule has 6 heteroatoms. The van der Waals surface area contributed by atoms with Gasteiger partial charge in [-0.1, -0.05) is 0 Å². The average Bonchev–Trinajstić information content (AvgIpc) is 2.00. The second-order valence-electron chi connectivity index (χ2n) is 1.64. The van der Waals surface area contributed by atoms with Gasteiger partial charge in [0.25, 0.3) is 0 Å². The third-order valence-corrected chi connectivity index (χ3v) is 0.831. The summed E-state index contributed by atoms with van der Waals surface area (Å²) in [7, 11) is 2.85. The Hall–Kier alpha value is -1.30. The molecule has 11 heavy (non-hydrogen) atoms. The van der Waals surface area contributed by atoms with Crippen LogP contribution in [0.5, 0.6) is 0 Å². The Morgan fingerprint density at radius 2 is 2.00 bits per heavy atom. The van der Waals surface area contributed by atoms with Gasteiger partial charge in [0.1, 0.15) is 6.73 Å². The maximum atomic E-state index is 10.6. The number of hydrogen-bond donors (Lipinski definition) is 3. The van der Waals surface area contributed by atoms with Crippen molar-refractivity contribution >= 4 is 12.1 Å². The number of carbonyl (C=O) groups excluding carboxylic acids is 2. The molecule has 0 aromatic heterocycles. The molecular formula is C5H11N3O3. The van der Waals surface area contributed by atoms with E-state index in [2.05, 4.69) is 15.4 Å². The zero-order valence-electron chi connectivity index (χ0n) is 6.43. The highest BCUT2D eigenvalue weighted by Gasteiger charge is 2.02. The van der Waals surface area contributed by atoms with Crippen LogP contribution in [0.1, 0.15) is 0 Å². The van der Waals surface area contributed by atoms with Crippen LogP contribution >= 0.6 is 0 Å². The molecule has 0 saturated heterocycles. The molecule has 0 atom stereocenters. The number of methoxy groups -OCH3 is 1. The topological polar surface area (TPSA) is 79.5 Å². The van der Waals surface area contributed by atoms with Gasteiger partial charge in [-0.05, 0) is 0 Å². The van der Waals surface area contributed by atoms with Crippen molar-refractivity contribution in [2.24, 2.45) is 0 Å². The minimum absolute atomic E-state index is 0.0722. The van der Waals surface area contributed by atoms with Crippen molar-refractivity contribution in [2.75, 3.05) is 20.9 Å². The standard InChI is InChI=1S/C5H11N3O3/c1-6-4(9)8-5(10)7-3-11-2/h3H2,1-2H3,(H3,6,7,8,9,10). The highest BCUT2D eigenvalue weighted by Crippen LogP contribution is 1.66. The van der Waals surface area contributed by atoms with Gasteiger partial charge in [-0.25, -0.2) is 9.59 Å². The van der Waals surface area contributed by atoms with E-state index in [0.717, 1.165) is 0 Å². The van der Waals surface area contributed by atoms with E-state index in [-0.39, 0.29) is 6.73 Å². The van der Waals surface area contributed by atoms with Gasteiger partial charge >= 0.3 is 12.1 Å². The molecule has 0 fully saturated rings. The number of urea groups is 2. The molecule has 0 aliphatic carbocycles. The summed E-state index contributed by atoms with van der Waals surface area (Å²) in [5.74, 6) is 0. The van der Waals surface area contributed by atoms with E-state index in [0.29, 0.717) is 0 Å². The van der Waals surface area contributed by atoms with Crippen molar-refractivity contribution in [2.45, 2.75) is 0 Å². The second-order valence-corrected chi connectivity index (χ2v) is 1.64. The van der Waals surface area contributed by atoms with E-state index < -0.39 is 12.1 Å². The predicted octanol–water partition coefficient (Wildman–Crippen LogP) is -0.771. The number of rotatable bonds is 2. The van der Waals surface area contributed by atoms with Crippen LogP contribution in [0.2, 0.25) is 0 Å². The van der Waals surface area contributed by atoms with Gasteiger partial charge in [-0.3, -0.25) is 5.32 Å². The smallest absolute Gasteiger partial charge is 0.324 e. The van der Waals surface area contributed by atoms with Gasteiger partial charge in [0.05, 0.1) is 0 Å². The zero-order valence-corrected chi connectivity index (χ0v) is 6.43. The Bertz CT molecular complexity index is 148. The molecule has 0 bridgehead atoms. The second kappa shape index (κ2) is 5.48. The number of ether oxygens (including phenoxy) is 1. The van der Waals surface area contributed by atoms with Crippen LogP contribution in [0, 0.1) is 0 Å². The third-order valence-electron chi connectivity index (χ3n) is 0.831. The van der Waals surface area contributed by atoms with E-state index in [9.17, 15) is 9.59 Å². The first-order chi connectivity index (χ1) is 5.20. The fourth-order valence-electron chi connectivity index (χ4n) is 0.348. The molecule has 0 aliphatic heterocycles. The van der Waals surface area contributed by atoms with Crippen molar-refractivity contribution in [3.8, 4) is 0 Å². The molecule has 0 rings (SSSR count). The molecule has 0 saturated carbocycles. The summed E-state index contributed by atoms with van der Waals surface area (Å²) in [6.07, 6.45) is 0. The first kappa shape index (κ1) is 9.70. The first-order valence-corrected chi connectivity index (χ1v) is 2.96. The maximum Gasteiger partial charge on any atom is 0.324 e. The Morgan fingerprint density at radius 3 is 2.45 bits per heavy atom. The first-order valence-electron chi connectivity index (χ1n) is 2.96. The summed E-state index contributed by atoms with van der Waals surface area (Å²) in [5.41, 5.74) is 0. The molecule has 0 heterocycles. The Labute approximate surface area is 64.3 Å². The number of hydrogen-bond acceptors (Lipinski definition) is 3. The summed E-state index contributed by atoms with van der Waals surface area (Å²) in [5, 5.41) is 6.47. The average molecular weight is 161 g/mol. The molecular weight excluding hydrogens is 150 g/mol. The van der Waals surface area contributed by atoms with E-state index >= 15 is 0 Å². The summed E-state index contributed by atoms with van der Waals surface area (Å²) >= 11 is 0. The number of carbonyl (C=O) groups is 2. The van der Waals surface area contributed by atoms with Gasteiger partial charge in [0.15, 0.2) is 0 Å². The van der Waals surface area contributed by atoms with Crippen LogP contribution in [-0.2, 0) is 4.74 Å². The summed E-state index contributed by atoms with van der Waals surface area (Å²) < 4.78 is 4.52. The quantitative estimate of drug-likeness (QED) is 0.465. The van der Waals surface area contributed by atoms with Crippen molar-refractivity contribution in [3.63, 3.8) is 0 Å². The normalized spacial score (nSPS) is 8.55. The highest BCUT2D eigenvalue weighted by atomic mass is 16.5. The third kappa shape index (κ3) is 5.16. The van der Waals surface area contributed by atoms with Crippen molar-refractivity contribution in [1.29, 1.82) is 0 Å². The summed E-state index contributed by atoms with van der Waals surface area (Å²) in [6.45, 7) is 0.0722. The molecule has 3 N–H and O–H groups in total. The number of amides is 4. The van der Waals surface area contributed by atoms with E-state index in [1.54, 1.807) is 0 Å². The molecule has 0 spiro atoms. The zero-order chi connectivity index (χ0) is 8.69. The number of nitrogens with one attached hydrogen (secondary N) is 3.